The predicted octanol–water partition coefficient (Wildman–Crippen LogP) is 4.52. The number of anilines is 1. The van der Waals surface area contributed by atoms with Gasteiger partial charge in [0.05, 0.1) is 11.6 Å². The van der Waals surface area contributed by atoms with E-state index < -0.39 is 0 Å². The summed E-state index contributed by atoms with van der Waals surface area (Å²) in [5, 5.41) is 0.534. The first-order chi connectivity index (χ1) is 9.90. The van der Waals surface area contributed by atoms with Crippen molar-refractivity contribution in [3.05, 3.63) is 63.1 Å². The summed E-state index contributed by atoms with van der Waals surface area (Å²) in [5.74, 6) is -0.0979. The molecule has 3 nitrogen and oxygen atoms in total. The molecule has 0 aliphatic carbocycles. The average molecular weight is 368 g/mol. The van der Waals surface area contributed by atoms with Crippen LogP contribution in [0.1, 0.15) is 28.9 Å². The smallest absolute Gasteiger partial charge is 0.255 e. The quantitative estimate of drug-likeness (QED) is 0.811. The van der Waals surface area contributed by atoms with Gasteiger partial charge in [0.25, 0.3) is 5.91 Å². The van der Waals surface area contributed by atoms with Crippen molar-refractivity contribution in [2.75, 3.05) is 12.8 Å². The zero-order valence-corrected chi connectivity index (χ0v) is 14.1. The van der Waals surface area contributed by atoms with E-state index in [0.29, 0.717) is 16.3 Å². The molecule has 1 unspecified atom stereocenters. The molecule has 110 valence electrons. The van der Waals surface area contributed by atoms with Crippen LogP contribution in [0.25, 0.3) is 0 Å². The van der Waals surface area contributed by atoms with E-state index in [9.17, 15) is 4.79 Å². The van der Waals surface area contributed by atoms with Crippen LogP contribution < -0.4 is 5.73 Å². The van der Waals surface area contributed by atoms with E-state index in [1.807, 2.05) is 31.2 Å². The Hall–Kier alpha value is -1.52. The second-order valence-electron chi connectivity index (χ2n) is 4.89. The second-order valence-corrected chi connectivity index (χ2v) is 6.18. The summed E-state index contributed by atoms with van der Waals surface area (Å²) in [4.78, 5) is 14.3. The summed E-state index contributed by atoms with van der Waals surface area (Å²) in [5.41, 5.74) is 8.02. The lowest BCUT2D eigenvalue weighted by Gasteiger charge is -2.26. The number of nitrogens with two attached hydrogens (primary N) is 1. The van der Waals surface area contributed by atoms with E-state index in [1.165, 1.54) is 0 Å². The molecule has 2 aromatic rings. The Kier molecular flexibility index (Phi) is 4.91. The molecule has 1 atom stereocenters. The minimum atomic E-state index is -0.0979. The van der Waals surface area contributed by atoms with Crippen molar-refractivity contribution < 1.29 is 4.79 Å². The fourth-order valence-electron chi connectivity index (χ4n) is 2.07. The van der Waals surface area contributed by atoms with Gasteiger partial charge in [-0.05, 0) is 58.7 Å². The van der Waals surface area contributed by atoms with Gasteiger partial charge < -0.3 is 10.6 Å². The fourth-order valence-corrected chi connectivity index (χ4v) is 2.66. The van der Waals surface area contributed by atoms with Crippen LogP contribution in [-0.2, 0) is 0 Å². The highest BCUT2D eigenvalue weighted by atomic mass is 79.9. The van der Waals surface area contributed by atoms with Gasteiger partial charge in [-0.1, -0.05) is 23.7 Å². The molecule has 0 spiro atoms. The minimum Gasteiger partial charge on any atom is -0.399 e. The van der Waals surface area contributed by atoms with Crippen molar-refractivity contribution in [1.29, 1.82) is 0 Å². The first kappa shape index (κ1) is 15.9. The third-order valence-electron chi connectivity index (χ3n) is 3.45. The molecule has 0 heterocycles. The summed E-state index contributed by atoms with van der Waals surface area (Å²) in [7, 11) is 1.77. The molecule has 2 aromatic carbocycles. The number of carbonyl (C=O) groups is 1. The highest BCUT2D eigenvalue weighted by Gasteiger charge is 2.21. The van der Waals surface area contributed by atoms with Gasteiger partial charge in [0.15, 0.2) is 0 Å². The van der Waals surface area contributed by atoms with Crippen LogP contribution in [0.15, 0.2) is 46.9 Å². The van der Waals surface area contributed by atoms with Crippen molar-refractivity contribution in [1.82, 2.24) is 4.90 Å². The highest BCUT2D eigenvalue weighted by molar-refractivity contribution is 9.10. The Morgan fingerprint density at radius 1 is 1.29 bits per heavy atom. The zero-order chi connectivity index (χ0) is 15.6. The normalized spacial score (nSPS) is 12.0. The Morgan fingerprint density at radius 3 is 2.67 bits per heavy atom. The number of hydrogen-bond acceptors (Lipinski definition) is 2. The van der Waals surface area contributed by atoms with Crippen LogP contribution >= 0.6 is 27.5 Å². The van der Waals surface area contributed by atoms with Gasteiger partial charge in [-0.15, -0.1) is 0 Å². The van der Waals surface area contributed by atoms with Crippen LogP contribution in [0.2, 0.25) is 5.02 Å². The molecule has 21 heavy (non-hydrogen) atoms. The van der Waals surface area contributed by atoms with Gasteiger partial charge >= 0.3 is 0 Å². The SMILES string of the molecule is CC(c1cccc(N)c1)N(C)C(=O)c1cc(Cl)ccc1Br. The van der Waals surface area contributed by atoms with Crippen LogP contribution in [-0.4, -0.2) is 17.9 Å². The van der Waals surface area contributed by atoms with Crippen molar-refractivity contribution in [3.63, 3.8) is 0 Å². The number of rotatable bonds is 3. The predicted molar refractivity (Wildman–Crippen MR) is 90.5 cm³/mol. The highest BCUT2D eigenvalue weighted by Crippen LogP contribution is 2.26. The Bertz CT molecular complexity index is 675. The average Bonchev–Trinajstić information content (AvgIpc) is 2.47. The van der Waals surface area contributed by atoms with E-state index in [2.05, 4.69) is 15.9 Å². The molecular weight excluding hydrogens is 352 g/mol. The summed E-state index contributed by atoms with van der Waals surface area (Å²) in [6.07, 6.45) is 0. The van der Waals surface area contributed by atoms with E-state index in [-0.39, 0.29) is 11.9 Å². The first-order valence-corrected chi connectivity index (χ1v) is 7.65. The molecule has 0 aromatic heterocycles. The zero-order valence-electron chi connectivity index (χ0n) is 11.8. The van der Waals surface area contributed by atoms with Gasteiger partial charge in [0.2, 0.25) is 0 Å². The van der Waals surface area contributed by atoms with Crippen LogP contribution in [0.3, 0.4) is 0 Å². The Labute approximate surface area is 137 Å². The van der Waals surface area contributed by atoms with Gasteiger partial charge in [0.1, 0.15) is 0 Å². The summed E-state index contributed by atoms with van der Waals surface area (Å²) in [6.45, 7) is 1.96. The summed E-state index contributed by atoms with van der Waals surface area (Å²) >= 11 is 9.37. The molecule has 2 rings (SSSR count). The van der Waals surface area contributed by atoms with Gasteiger partial charge in [-0.3, -0.25) is 4.79 Å². The van der Waals surface area contributed by atoms with Crippen molar-refractivity contribution in [2.45, 2.75) is 13.0 Å². The fraction of sp³-hybridized carbons (Fsp3) is 0.188. The van der Waals surface area contributed by atoms with Crippen molar-refractivity contribution in [3.8, 4) is 0 Å². The van der Waals surface area contributed by atoms with Gasteiger partial charge in [-0.2, -0.15) is 0 Å². The number of carbonyl (C=O) groups excluding carboxylic acids is 1. The van der Waals surface area contributed by atoms with Gasteiger partial charge in [-0.25, -0.2) is 0 Å². The standard InChI is InChI=1S/C16H16BrClN2O/c1-10(11-4-3-5-13(19)8-11)20(2)16(21)14-9-12(18)6-7-15(14)17/h3-10H,19H2,1-2H3. The number of halogens is 2. The molecule has 1 amide bonds. The van der Waals surface area contributed by atoms with Crippen LogP contribution in [0, 0.1) is 0 Å². The monoisotopic (exact) mass is 366 g/mol. The summed E-state index contributed by atoms with van der Waals surface area (Å²) in [6, 6.07) is 12.6. The Morgan fingerprint density at radius 2 is 2.00 bits per heavy atom. The molecule has 0 fully saturated rings. The maximum absolute atomic E-state index is 12.6. The lowest BCUT2D eigenvalue weighted by molar-refractivity contribution is 0.0741. The first-order valence-electron chi connectivity index (χ1n) is 6.48. The maximum Gasteiger partial charge on any atom is 0.255 e. The molecular formula is C16H16BrClN2O. The third kappa shape index (κ3) is 3.57. The Balaban J connectivity index is 2.28. The topological polar surface area (TPSA) is 46.3 Å². The number of benzene rings is 2. The molecule has 0 saturated carbocycles. The van der Waals surface area contributed by atoms with Crippen molar-refractivity contribution >= 4 is 39.1 Å². The number of nitrogen functional groups attached to an aromatic ring is 1. The lowest BCUT2D eigenvalue weighted by Crippen LogP contribution is -2.30. The van der Waals surface area contributed by atoms with E-state index >= 15 is 0 Å². The largest absolute Gasteiger partial charge is 0.399 e. The lowest BCUT2D eigenvalue weighted by atomic mass is 10.1. The molecule has 0 radical (unpaired) electrons. The van der Waals surface area contributed by atoms with E-state index in [4.69, 9.17) is 17.3 Å². The molecule has 5 heteroatoms. The molecule has 0 aliphatic rings. The molecule has 0 aliphatic heterocycles. The number of amides is 1. The van der Waals surface area contributed by atoms with E-state index in [1.54, 1.807) is 30.1 Å². The van der Waals surface area contributed by atoms with Crippen molar-refractivity contribution in [2.24, 2.45) is 0 Å². The van der Waals surface area contributed by atoms with Gasteiger partial charge in [0, 0.05) is 22.2 Å². The number of nitrogens with zero attached hydrogens (tertiary/aromatic N) is 1. The van der Waals surface area contributed by atoms with Crippen LogP contribution in [0.4, 0.5) is 5.69 Å². The van der Waals surface area contributed by atoms with E-state index in [0.717, 1.165) is 10.0 Å². The molecule has 2 N–H and O–H groups in total. The third-order valence-corrected chi connectivity index (χ3v) is 4.38. The second kappa shape index (κ2) is 6.50. The van der Waals surface area contributed by atoms with Crippen LogP contribution in [0.5, 0.6) is 0 Å². The minimum absolute atomic E-state index is 0.0909. The summed E-state index contributed by atoms with van der Waals surface area (Å²) < 4.78 is 0.725. The molecule has 0 saturated heterocycles. The maximum atomic E-state index is 12.6. The number of hydrogen-bond donors (Lipinski definition) is 1. The molecule has 0 bridgehead atoms.